The largest absolute Gasteiger partial charge is 0.464 e. The normalized spacial score (nSPS) is 26.5. The maximum atomic E-state index is 11.8. The van der Waals surface area contributed by atoms with Crippen molar-refractivity contribution in [2.45, 2.75) is 52.3 Å². The molecule has 1 aliphatic heterocycles. The molecular weight excluding hydrogens is 222 g/mol. The molecule has 1 aliphatic rings. The summed E-state index contributed by atoms with van der Waals surface area (Å²) < 4.78 is 4.91. The number of carbonyl (C=O) groups excluding carboxylic acids is 2. The highest BCUT2D eigenvalue weighted by atomic mass is 16.5. The van der Waals surface area contributed by atoms with E-state index in [4.69, 9.17) is 4.74 Å². The Balaban J connectivity index is 2.84. The summed E-state index contributed by atoms with van der Waals surface area (Å²) in [5.41, 5.74) is 0. The van der Waals surface area contributed by atoms with Crippen molar-refractivity contribution in [3.8, 4) is 0 Å². The lowest BCUT2D eigenvalue weighted by atomic mass is 10.0. The van der Waals surface area contributed by atoms with Gasteiger partial charge in [-0.15, -0.1) is 0 Å². The van der Waals surface area contributed by atoms with E-state index in [9.17, 15) is 14.7 Å². The number of rotatable bonds is 4. The zero-order chi connectivity index (χ0) is 13.2. The Morgan fingerprint density at radius 3 is 2.59 bits per heavy atom. The number of likely N-dealkylation sites (tertiary alicyclic amines) is 1. The Morgan fingerprint density at radius 2 is 2.12 bits per heavy atom. The molecule has 0 saturated carbocycles. The van der Waals surface area contributed by atoms with Crippen LogP contribution in [0.25, 0.3) is 0 Å². The van der Waals surface area contributed by atoms with Crippen LogP contribution in [0.1, 0.15) is 34.1 Å². The molecule has 5 heteroatoms. The minimum absolute atomic E-state index is 0.100. The molecule has 0 aromatic rings. The smallest absolute Gasteiger partial charge is 0.328 e. The molecule has 0 aliphatic carbocycles. The van der Waals surface area contributed by atoms with Crippen molar-refractivity contribution >= 4 is 11.9 Å². The summed E-state index contributed by atoms with van der Waals surface area (Å²) >= 11 is 0. The van der Waals surface area contributed by atoms with E-state index in [-0.39, 0.29) is 17.9 Å². The quantitative estimate of drug-likeness (QED) is 0.732. The number of amides is 1. The van der Waals surface area contributed by atoms with E-state index in [0.717, 1.165) is 0 Å². The van der Waals surface area contributed by atoms with Gasteiger partial charge in [0.05, 0.1) is 6.61 Å². The SMILES string of the molecule is CCOC(=O)[C@H](C)N1C(=O)[C@H](O)C[C@@H]1C(C)C. The first-order valence-corrected chi connectivity index (χ1v) is 6.07. The first-order chi connectivity index (χ1) is 7.90. The average Bonchev–Trinajstić information content (AvgIpc) is 2.55. The lowest BCUT2D eigenvalue weighted by molar-refractivity contribution is -0.155. The number of hydrogen-bond donors (Lipinski definition) is 1. The Labute approximate surface area is 102 Å². The van der Waals surface area contributed by atoms with Crippen LogP contribution < -0.4 is 0 Å². The molecule has 1 fully saturated rings. The molecule has 0 spiro atoms. The van der Waals surface area contributed by atoms with Gasteiger partial charge in [0.2, 0.25) is 0 Å². The van der Waals surface area contributed by atoms with Crippen LogP contribution in [-0.4, -0.2) is 46.7 Å². The van der Waals surface area contributed by atoms with Crippen LogP contribution >= 0.6 is 0 Å². The topological polar surface area (TPSA) is 66.8 Å². The average molecular weight is 243 g/mol. The lowest BCUT2D eigenvalue weighted by Gasteiger charge is -2.31. The predicted molar refractivity (Wildman–Crippen MR) is 62.2 cm³/mol. The highest BCUT2D eigenvalue weighted by Crippen LogP contribution is 2.27. The van der Waals surface area contributed by atoms with E-state index >= 15 is 0 Å². The maximum Gasteiger partial charge on any atom is 0.328 e. The van der Waals surface area contributed by atoms with Gasteiger partial charge in [0, 0.05) is 12.5 Å². The maximum absolute atomic E-state index is 11.8. The fourth-order valence-electron chi connectivity index (χ4n) is 2.23. The standard InChI is InChI=1S/C12H21NO4/c1-5-17-12(16)8(4)13-9(7(2)3)6-10(14)11(13)15/h7-10,14H,5-6H2,1-4H3/t8-,9+,10+/m0/s1. The van der Waals surface area contributed by atoms with E-state index < -0.39 is 18.1 Å². The second-order valence-electron chi connectivity index (χ2n) is 4.74. The van der Waals surface area contributed by atoms with Gasteiger partial charge in [-0.1, -0.05) is 13.8 Å². The van der Waals surface area contributed by atoms with Crippen LogP contribution in [0.15, 0.2) is 0 Å². The Morgan fingerprint density at radius 1 is 1.53 bits per heavy atom. The van der Waals surface area contributed by atoms with E-state index in [1.807, 2.05) is 13.8 Å². The Hall–Kier alpha value is -1.10. The van der Waals surface area contributed by atoms with Crippen LogP contribution in [0, 0.1) is 5.92 Å². The molecule has 1 rings (SSSR count). The number of hydrogen-bond acceptors (Lipinski definition) is 4. The van der Waals surface area contributed by atoms with Crippen LogP contribution in [0.5, 0.6) is 0 Å². The van der Waals surface area contributed by atoms with Crippen LogP contribution in [0.3, 0.4) is 0 Å². The number of aliphatic hydroxyl groups is 1. The first kappa shape index (κ1) is 14.0. The molecule has 5 nitrogen and oxygen atoms in total. The van der Waals surface area contributed by atoms with E-state index in [0.29, 0.717) is 13.0 Å². The van der Waals surface area contributed by atoms with Gasteiger partial charge in [0.15, 0.2) is 0 Å². The summed E-state index contributed by atoms with van der Waals surface area (Å²) in [7, 11) is 0. The molecule has 0 aromatic carbocycles. The molecule has 3 atom stereocenters. The third kappa shape index (κ3) is 2.77. The summed E-state index contributed by atoms with van der Waals surface area (Å²) in [5.74, 6) is -0.585. The molecule has 98 valence electrons. The first-order valence-electron chi connectivity index (χ1n) is 6.07. The van der Waals surface area contributed by atoms with Crippen LogP contribution in [-0.2, 0) is 14.3 Å². The number of nitrogens with zero attached hydrogens (tertiary/aromatic N) is 1. The minimum atomic E-state index is -0.987. The molecule has 1 N–H and O–H groups in total. The van der Waals surface area contributed by atoms with Gasteiger partial charge in [-0.25, -0.2) is 4.79 Å². The van der Waals surface area contributed by atoms with E-state index in [2.05, 4.69) is 0 Å². The molecule has 1 saturated heterocycles. The molecule has 0 radical (unpaired) electrons. The van der Waals surface area contributed by atoms with Crippen molar-refractivity contribution in [1.29, 1.82) is 0 Å². The summed E-state index contributed by atoms with van der Waals surface area (Å²) in [5, 5.41) is 9.60. The van der Waals surface area contributed by atoms with Crippen molar-refractivity contribution in [2.24, 2.45) is 5.92 Å². The number of carbonyl (C=O) groups is 2. The van der Waals surface area contributed by atoms with Crippen molar-refractivity contribution in [2.75, 3.05) is 6.61 Å². The molecular formula is C12H21NO4. The molecule has 0 unspecified atom stereocenters. The summed E-state index contributed by atoms with van der Waals surface area (Å²) in [6.45, 7) is 7.61. The van der Waals surface area contributed by atoms with Crippen LogP contribution in [0.4, 0.5) is 0 Å². The van der Waals surface area contributed by atoms with E-state index in [1.165, 1.54) is 4.90 Å². The second kappa shape index (κ2) is 5.49. The van der Waals surface area contributed by atoms with Gasteiger partial charge in [-0.05, 0) is 19.8 Å². The number of ether oxygens (including phenoxy) is 1. The van der Waals surface area contributed by atoms with Gasteiger partial charge in [-0.2, -0.15) is 0 Å². The zero-order valence-corrected chi connectivity index (χ0v) is 10.8. The summed E-state index contributed by atoms with van der Waals surface area (Å²) in [4.78, 5) is 25.0. The van der Waals surface area contributed by atoms with E-state index in [1.54, 1.807) is 13.8 Å². The predicted octanol–water partition coefficient (Wildman–Crippen LogP) is 0.556. The summed E-state index contributed by atoms with van der Waals surface area (Å²) in [6.07, 6.45) is -0.598. The van der Waals surface area contributed by atoms with Gasteiger partial charge in [-0.3, -0.25) is 4.79 Å². The van der Waals surface area contributed by atoms with Crippen molar-refractivity contribution < 1.29 is 19.4 Å². The highest BCUT2D eigenvalue weighted by molar-refractivity contribution is 5.88. The molecule has 1 heterocycles. The number of aliphatic hydroxyl groups excluding tert-OH is 1. The van der Waals surface area contributed by atoms with Gasteiger partial charge in [0.1, 0.15) is 12.1 Å². The van der Waals surface area contributed by atoms with Gasteiger partial charge >= 0.3 is 5.97 Å². The van der Waals surface area contributed by atoms with Crippen molar-refractivity contribution in [1.82, 2.24) is 4.90 Å². The highest BCUT2D eigenvalue weighted by Gasteiger charge is 2.44. The fraction of sp³-hybridized carbons (Fsp3) is 0.833. The second-order valence-corrected chi connectivity index (χ2v) is 4.74. The lowest BCUT2D eigenvalue weighted by Crippen LogP contribution is -2.48. The molecule has 0 aromatic heterocycles. The third-order valence-corrected chi connectivity index (χ3v) is 3.18. The monoisotopic (exact) mass is 243 g/mol. The van der Waals surface area contributed by atoms with Crippen molar-refractivity contribution in [3.63, 3.8) is 0 Å². The molecule has 1 amide bonds. The molecule has 17 heavy (non-hydrogen) atoms. The minimum Gasteiger partial charge on any atom is -0.464 e. The van der Waals surface area contributed by atoms with Crippen LogP contribution in [0.2, 0.25) is 0 Å². The fourth-order valence-corrected chi connectivity index (χ4v) is 2.23. The number of esters is 1. The zero-order valence-electron chi connectivity index (χ0n) is 10.8. The third-order valence-electron chi connectivity index (χ3n) is 3.18. The Bertz CT molecular complexity index is 303. The summed E-state index contributed by atoms with van der Waals surface area (Å²) in [6, 6.07) is -0.732. The van der Waals surface area contributed by atoms with Crippen molar-refractivity contribution in [3.05, 3.63) is 0 Å². The Kier molecular flexibility index (Phi) is 4.51. The molecule has 0 bridgehead atoms. The van der Waals surface area contributed by atoms with Gasteiger partial charge < -0.3 is 14.7 Å². The van der Waals surface area contributed by atoms with Gasteiger partial charge in [0.25, 0.3) is 5.91 Å².